The van der Waals surface area contributed by atoms with Crippen molar-refractivity contribution < 1.29 is 14.3 Å². The third-order valence-corrected chi connectivity index (χ3v) is 5.06. The Balaban J connectivity index is 1.78. The number of carbonyl (C=O) groups excluding carboxylic acids is 2. The first-order valence-corrected chi connectivity index (χ1v) is 8.45. The number of aryl methyl sites for hydroxylation is 2. The number of nitrogens with zero attached hydrogens (tertiary/aromatic N) is 3. The van der Waals surface area contributed by atoms with E-state index in [1.165, 1.54) is 11.8 Å². The molecule has 0 N–H and O–H groups in total. The Hall–Kier alpha value is -2.18. The van der Waals surface area contributed by atoms with E-state index in [4.69, 9.17) is 4.74 Å². The lowest BCUT2D eigenvalue weighted by Gasteiger charge is -2.37. The van der Waals surface area contributed by atoms with Crippen molar-refractivity contribution in [3.63, 3.8) is 0 Å². The molecule has 1 fully saturated rings. The molecule has 2 unspecified atom stereocenters. The van der Waals surface area contributed by atoms with E-state index in [0.29, 0.717) is 32.2 Å². The summed E-state index contributed by atoms with van der Waals surface area (Å²) >= 11 is 0. The monoisotopic (exact) mass is 333 g/mol. The molecule has 7 nitrogen and oxygen atoms in total. The van der Waals surface area contributed by atoms with Gasteiger partial charge in [-0.1, -0.05) is 0 Å². The average molecular weight is 333 g/mol. The molecule has 1 aromatic heterocycles. The third-order valence-electron chi connectivity index (χ3n) is 5.06. The second kappa shape index (κ2) is 6.75. The summed E-state index contributed by atoms with van der Waals surface area (Å²) < 4.78 is 6.19. The quantitative estimate of drug-likeness (QED) is 0.734. The van der Waals surface area contributed by atoms with E-state index in [0.717, 1.165) is 24.1 Å². The van der Waals surface area contributed by atoms with E-state index in [2.05, 4.69) is 5.10 Å². The Morgan fingerprint density at radius 2 is 2.08 bits per heavy atom. The lowest BCUT2D eigenvalue weighted by Crippen LogP contribution is -2.51. The van der Waals surface area contributed by atoms with Crippen molar-refractivity contribution in [2.75, 3.05) is 13.7 Å². The van der Waals surface area contributed by atoms with E-state index in [1.54, 1.807) is 18.0 Å². The zero-order chi connectivity index (χ0) is 17.3. The maximum Gasteiger partial charge on any atom is 0.328 e. The van der Waals surface area contributed by atoms with Crippen LogP contribution in [0.3, 0.4) is 0 Å². The molecule has 2 atom stereocenters. The molecule has 3 rings (SSSR count). The van der Waals surface area contributed by atoms with Crippen molar-refractivity contribution >= 4 is 11.9 Å². The van der Waals surface area contributed by atoms with Crippen LogP contribution >= 0.6 is 0 Å². The van der Waals surface area contributed by atoms with Gasteiger partial charge in [-0.15, -0.1) is 0 Å². The molecule has 0 bridgehead atoms. The van der Waals surface area contributed by atoms with Crippen LogP contribution < -0.4 is 5.56 Å². The smallest absolute Gasteiger partial charge is 0.328 e. The number of hydrogen-bond acceptors (Lipinski definition) is 5. The molecule has 7 heteroatoms. The van der Waals surface area contributed by atoms with Crippen LogP contribution in [0.5, 0.6) is 0 Å². The molecule has 1 amide bonds. The van der Waals surface area contributed by atoms with E-state index in [-0.39, 0.29) is 23.4 Å². The largest absolute Gasteiger partial charge is 0.467 e. The highest BCUT2D eigenvalue weighted by Crippen LogP contribution is 2.28. The highest BCUT2D eigenvalue weighted by molar-refractivity contribution is 5.86. The van der Waals surface area contributed by atoms with Gasteiger partial charge in [-0.05, 0) is 44.1 Å². The number of piperidine rings is 1. The van der Waals surface area contributed by atoms with Gasteiger partial charge in [0.25, 0.3) is 5.56 Å². The second-order valence-corrected chi connectivity index (χ2v) is 6.58. The third kappa shape index (κ3) is 3.07. The summed E-state index contributed by atoms with van der Waals surface area (Å²) in [5, 5.41) is 4.28. The number of fused-ring (bicyclic) bond motifs is 1. The normalized spacial score (nSPS) is 23.5. The fraction of sp³-hybridized carbons (Fsp3) is 0.647. The van der Waals surface area contributed by atoms with Gasteiger partial charge in [0, 0.05) is 25.6 Å². The number of likely N-dealkylation sites (tertiary alicyclic amines) is 1. The van der Waals surface area contributed by atoms with Gasteiger partial charge in [-0.2, -0.15) is 5.10 Å². The molecule has 1 aliphatic heterocycles. The Morgan fingerprint density at radius 3 is 2.83 bits per heavy atom. The molecular formula is C17H23N3O4. The van der Waals surface area contributed by atoms with Gasteiger partial charge in [0.1, 0.15) is 6.04 Å². The second-order valence-electron chi connectivity index (χ2n) is 6.58. The molecule has 2 aliphatic rings. The molecule has 2 heterocycles. The van der Waals surface area contributed by atoms with E-state index in [1.807, 2.05) is 0 Å². The summed E-state index contributed by atoms with van der Waals surface area (Å²) in [6, 6.07) is 1.11. The van der Waals surface area contributed by atoms with Crippen molar-refractivity contribution in [2.24, 2.45) is 13.0 Å². The maximum atomic E-state index is 13.0. The van der Waals surface area contributed by atoms with Gasteiger partial charge in [0.15, 0.2) is 0 Å². The summed E-state index contributed by atoms with van der Waals surface area (Å²) in [6.07, 6.45) is 4.38. The first-order chi connectivity index (χ1) is 11.5. The molecule has 0 saturated carbocycles. The molecular weight excluding hydrogens is 310 g/mol. The Bertz CT molecular complexity index is 712. The fourth-order valence-electron chi connectivity index (χ4n) is 3.71. The summed E-state index contributed by atoms with van der Waals surface area (Å²) in [4.78, 5) is 38.4. The minimum Gasteiger partial charge on any atom is -0.467 e. The predicted molar refractivity (Wildman–Crippen MR) is 86.4 cm³/mol. The Labute approximate surface area is 140 Å². The number of amides is 1. The van der Waals surface area contributed by atoms with Gasteiger partial charge in [-0.25, -0.2) is 9.48 Å². The van der Waals surface area contributed by atoms with Crippen LogP contribution in [-0.4, -0.2) is 46.3 Å². The van der Waals surface area contributed by atoms with Gasteiger partial charge in [-0.3, -0.25) is 9.59 Å². The molecule has 130 valence electrons. The first-order valence-electron chi connectivity index (χ1n) is 8.45. The molecule has 0 aromatic carbocycles. The Kier molecular flexibility index (Phi) is 4.69. The topological polar surface area (TPSA) is 81.5 Å². The highest BCUT2D eigenvalue weighted by atomic mass is 16.5. The summed E-state index contributed by atoms with van der Waals surface area (Å²) in [5.41, 5.74) is 1.59. The molecule has 1 aromatic rings. The number of carbonyl (C=O) groups is 2. The SMILES string of the molecule is COC(=O)C1CCCCN1C(=O)C1CCc2nn(C)c(=O)cc2C1. The highest BCUT2D eigenvalue weighted by Gasteiger charge is 2.37. The fourth-order valence-corrected chi connectivity index (χ4v) is 3.71. The number of ether oxygens (including phenoxy) is 1. The van der Waals surface area contributed by atoms with E-state index in [9.17, 15) is 14.4 Å². The van der Waals surface area contributed by atoms with Crippen molar-refractivity contribution in [1.29, 1.82) is 0 Å². The number of methoxy groups -OCH3 is 1. The van der Waals surface area contributed by atoms with Gasteiger partial charge in [0.05, 0.1) is 12.8 Å². The molecule has 0 spiro atoms. The maximum absolute atomic E-state index is 13.0. The van der Waals surface area contributed by atoms with Gasteiger partial charge in [0.2, 0.25) is 5.91 Å². The number of rotatable bonds is 2. The van der Waals surface area contributed by atoms with E-state index < -0.39 is 6.04 Å². The summed E-state index contributed by atoms with van der Waals surface area (Å²) in [5.74, 6) is -0.539. The van der Waals surface area contributed by atoms with Crippen LogP contribution in [0.4, 0.5) is 0 Å². The van der Waals surface area contributed by atoms with Crippen LogP contribution in [0.25, 0.3) is 0 Å². The van der Waals surface area contributed by atoms with E-state index >= 15 is 0 Å². The molecule has 0 radical (unpaired) electrons. The number of hydrogen-bond donors (Lipinski definition) is 0. The average Bonchev–Trinajstić information content (AvgIpc) is 2.61. The van der Waals surface area contributed by atoms with Gasteiger partial charge >= 0.3 is 5.97 Å². The van der Waals surface area contributed by atoms with Crippen LogP contribution in [0.2, 0.25) is 0 Å². The first kappa shape index (κ1) is 16.7. The molecule has 24 heavy (non-hydrogen) atoms. The standard InChI is InChI=1S/C17H23N3O4/c1-19-15(21)10-12-9-11(6-7-13(12)18-19)16(22)20-8-4-3-5-14(20)17(23)24-2/h10-11,14H,3-9H2,1-2H3. The lowest BCUT2D eigenvalue weighted by molar-refractivity contribution is -0.156. The lowest BCUT2D eigenvalue weighted by atomic mass is 9.85. The minimum absolute atomic E-state index is 0.00331. The molecule has 1 aliphatic carbocycles. The summed E-state index contributed by atoms with van der Waals surface area (Å²) in [6.45, 7) is 0.594. The Morgan fingerprint density at radius 1 is 1.29 bits per heavy atom. The van der Waals surface area contributed by atoms with Crippen LogP contribution in [0.15, 0.2) is 10.9 Å². The molecule has 1 saturated heterocycles. The van der Waals surface area contributed by atoms with Crippen LogP contribution in [-0.2, 0) is 34.2 Å². The predicted octanol–water partition coefficient (Wildman–Crippen LogP) is 0.439. The zero-order valence-corrected chi connectivity index (χ0v) is 14.2. The van der Waals surface area contributed by atoms with Crippen molar-refractivity contribution in [2.45, 2.75) is 44.6 Å². The summed E-state index contributed by atoms with van der Waals surface area (Å²) in [7, 11) is 2.99. The minimum atomic E-state index is -0.473. The van der Waals surface area contributed by atoms with Crippen molar-refractivity contribution in [3.05, 3.63) is 27.7 Å². The number of esters is 1. The van der Waals surface area contributed by atoms with Crippen molar-refractivity contribution in [3.8, 4) is 0 Å². The van der Waals surface area contributed by atoms with Gasteiger partial charge < -0.3 is 9.64 Å². The van der Waals surface area contributed by atoms with Crippen LogP contribution in [0.1, 0.15) is 36.9 Å². The zero-order valence-electron chi connectivity index (χ0n) is 14.2. The van der Waals surface area contributed by atoms with Crippen LogP contribution in [0, 0.1) is 5.92 Å². The number of aromatic nitrogens is 2. The van der Waals surface area contributed by atoms with Crippen molar-refractivity contribution in [1.82, 2.24) is 14.7 Å².